The van der Waals surface area contributed by atoms with Crippen LogP contribution in [0.2, 0.25) is 0 Å². The van der Waals surface area contributed by atoms with Gasteiger partial charge in [-0.2, -0.15) is 0 Å². The largest absolute Gasteiger partial charge is 0.481 e. The summed E-state index contributed by atoms with van der Waals surface area (Å²) in [6, 6.07) is 10.2. The third-order valence-corrected chi connectivity index (χ3v) is 6.21. The van der Waals surface area contributed by atoms with Gasteiger partial charge >= 0.3 is 5.97 Å². The van der Waals surface area contributed by atoms with E-state index in [1.807, 2.05) is 18.2 Å². The Hall–Kier alpha value is -2.79. The Morgan fingerprint density at radius 2 is 1.84 bits per heavy atom. The van der Waals surface area contributed by atoms with Gasteiger partial charge in [0.15, 0.2) is 0 Å². The molecular weight excluding hydrogens is 476 g/mol. The number of hydrogen-bond donors (Lipinski definition) is 3. The van der Waals surface area contributed by atoms with Gasteiger partial charge in [-0.1, -0.05) is 25.1 Å². The number of carbonyl (C=O) groups is 3. The fraction of sp³-hybridized carbons (Fsp3) is 0.593. The summed E-state index contributed by atoms with van der Waals surface area (Å²) in [5.41, 5.74) is 7.55. The fourth-order valence-corrected chi connectivity index (χ4v) is 4.08. The molecule has 37 heavy (non-hydrogen) atoms. The molecule has 0 unspecified atom stereocenters. The molecule has 0 aliphatic heterocycles. The van der Waals surface area contributed by atoms with Crippen molar-refractivity contribution >= 4 is 28.6 Å². The highest BCUT2D eigenvalue weighted by Crippen LogP contribution is 2.22. The van der Waals surface area contributed by atoms with Crippen molar-refractivity contribution in [3.8, 4) is 0 Å². The minimum absolute atomic E-state index is 0.0102. The van der Waals surface area contributed by atoms with Crippen LogP contribution in [0.25, 0.3) is 10.9 Å². The molecule has 206 valence electrons. The number of aliphatic carboxylic acids is 1. The number of aryl methyl sites for hydroxylation is 1. The Balaban J connectivity index is 1.92. The zero-order valence-corrected chi connectivity index (χ0v) is 22.1. The van der Waals surface area contributed by atoms with Gasteiger partial charge in [0.05, 0.1) is 26.4 Å². The lowest BCUT2D eigenvalue weighted by molar-refractivity contribution is -0.138. The summed E-state index contributed by atoms with van der Waals surface area (Å²) >= 11 is 0. The van der Waals surface area contributed by atoms with E-state index in [9.17, 15) is 14.4 Å². The summed E-state index contributed by atoms with van der Waals surface area (Å²) in [4.78, 5) is 39.0. The van der Waals surface area contributed by atoms with E-state index in [0.29, 0.717) is 39.5 Å². The molecule has 0 spiro atoms. The van der Waals surface area contributed by atoms with E-state index in [1.165, 1.54) is 0 Å². The van der Waals surface area contributed by atoms with Gasteiger partial charge < -0.3 is 35.1 Å². The third kappa shape index (κ3) is 11.0. The predicted molar refractivity (Wildman–Crippen MR) is 142 cm³/mol. The van der Waals surface area contributed by atoms with Crippen molar-refractivity contribution in [3.05, 3.63) is 36.0 Å². The van der Waals surface area contributed by atoms with Crippen molar-refractivity contribution < 1.29 is 29.0 Å². The maximum absolute atomic E-state index is 12.9. The summed E-state index contributed by atoms with van der Waals surface area (Å²) in [6.07, 6.45) is 0.219. The molecule has 1 aromatic heterocycles. The Morgan fingerprint density at radius 1 is 1.11 bits per heavy atom. The average Bonchev–Trinajstić information content (AvgIpc) is 3.23. The van der Waals surface area contributed by atoms with E-state index in [4.69, 9.17) is 20.3 Å². The summed E-state index contributed by atoms with van der Waals surface area (Å²) in [5.74, 6) is -2.07. The van der Waals surface area contributed by atoms with E-state index in [2.05, 4.69) is 40.9 Å². The van der Waals surface area contributed by atoms with Gasteiger partial charge in [0.1, 0.15) is 5.78 Å². The molecule has 2 aromatic rings. The van der Waals surface area contributed by atoms with Crippen LogP contribution < -0.4 is 11.1 Å². The number of nitrogens with two attached hydrogens (primary N) is 1. The summed E-state index contributed by atoms with van der Waals surface area (Å²) in [5, 5.41) is 13.0. The number of ketones is 1. The van der Waals surface area contributed by atoms with E-state index >= 15 is 0 Å². The number of ether oxygens (including phenoxy) is 2. The molecule has 10 heteroatoms. The first-order chi connectivity index (χ1) is 17.8. The highest BCUT2D eigenvalue weighted by molar-refractivity contribution is 5.87. The first-order valence-corrected chi connectivity index (χ1v) is 13.0. The van der Waals surface area contributed by atoms with Gasteiger partial charge in [-0.15, -0.1) is 0 Å². The second-order valence-corrected chi connectivity index (χ2v) is 9.10. The number of fused-ring (bicyclic) bond motifs is 1. The SMILES string of the molecule is CCN(C)Cc1cc2ccccc2n1CCC(=O)C[C@@H](CCC(=O)O)C(=O)NCCOCCOCCN. The number of amides is 1. The molecule has 0 aliphatic rings. The molecule has 1 amide bonds. The highest BCUT2D eigenvalue weighted by atomic mass is 16.5. The molecule has 2 rings (SSSR count). The number of Topliss-reactive ketones (excluding diaryl/α,β-unsaturated/α-hetero) is 1. The predicted octanol–water partition coefficient (Wildman–Crippen LogP) is 2.03. The zero-order valence-electron chi connectivity index (χ0n) is 22.1. The molecule has 0 radical (unpaired) electrons. The number of rotatable bonds is 20. The van der Waals surface area contributed by atoms with Crippen LogP contribution in [-0.4, -0.2) is 85.3 Å². The van der Waals surface area contributed by atoms with Crippen molar-refractivity contribution in [3.63, 3.8) is 0 Å². The first-order valence-electron chi connectivity index (χ1n) is 13.0. The maximum atomic E-state index is 12.9. The van der Waals surface area contributed by atoms with Crippen LogP contribution in [0, 0.1) is 5.92 Å². The van der Waals surface area contributed by atoms with Gasteiger partial charge in [-0.25, -0.2) is 0 Å². The second-order valence-electron chi connectivity index (χ2n) is 9.10. The topological polar surface area (TPSA) is 136 Å². The number of carboxylic acid groups (broad SMARTS) is 1. The number of carbonyl (C=O) groups excluding carboxylic acids is 2. The van der Waals surface area contributed by atoms with Gasteiger partial charge in [-0.05, 0) is 37.5 Å². The zero-order chi connectivity index (χ0) is 27.0. The summed E-state index contributed by atoms with van der Waals surface area (Å²) in [7, 11) is 2.06. The number of para-hydroxylation sites is 1. The molecule has 1 heterocycles. The van der Waals surface area contributed by atoms with Crippen LogP contribution in [-0.2, 0) is 36.9 Å². The summed E-state index contributed by atoms with van der Waals surface area (Å²) in [6.45, 7) is 6.59. The summed E-state index contributed by atoms with van der Waals surface area (Å²) < 4.78 is 12.8. The van der Waals surface area contributed by atoms with Crippen LogP contribution in [0.3, 0.4) is 0 Å². The number of benzene rings is 1. The molecule has 0 saturated carbocycles. The Morgan fingerprint density at radius 3 is 2.54 bits per heavy atom. The lowest BCUT2D eigenvalue weighted by atomic mass is 9.95. The number of nitrogens with one attached hydrogen (secondary N) is 1. The standard InChI is InChI=1S/C27H42N4O6/c1-3-30(2)20-23-18-21-6-4-5-7-25(21)31(23)13-10-24(32)19-22(8-9-26(33)34)27(35)29-12-15-37-17-16-36-14-11-28/h4-7,18,22H,3,8-17,19-20,28H2,1-2H3,(H,29,35)(H,33,34)/t22-/m1/s1. The van der Waals surface area contributed by atoms with Crippen molar-refractivity contribution in [2.75, 3.05) is 53.1 Å². The van der Waals surface area contributed by atoms with Crippen LogP contribution in [0.15, 0.2) is 30.3 Å². The lowest BCUT2D eigenvalue weighted by Crippen LogP contribution is -2.35. The number of hydrogen-bond acceptors (Lipinski definition) is 7. The van der Waals surface area contributed by atoms with E-state index in [0.717, 1.165) is 29.7 Å². The first kappa shape index (κ1) is 30.4. The Bertz CT molecular complexity index is 992. The van der Waals surface area contributed by atoms with Crippen molar-refractivity contribution in [1.29, 1.82) is 0 Å². The molecule has 10 nitrogen and oxygen atoms in total. The maximum Gasteiger partial charge on any atom is 0.303 e. The monoisotopic (exact) mass is 518 g/mol. The highest BCUT2D eigenvalue weighted by Gasteiger charge is 2.23. The van der Waals surface area contributed by atoms with Gasteiger partial charge in [0, 0.05) is 62.6 Å². The normalized spacial score (nSPS) is 12.2. The van der Waals surface area contributed by atoms with E-state index < -0.39 is 11.9 Å². The van der Waals surface area contributed by atoms with Crippen LogP contribution >= 0.6 is 0 Å². The number of nitrogens with zero attached hydrogens (tertiary/aromatic N) is 2. The molecule has 0 aliphatic carbocycles. The quantitative estimate of drug-likeness (QED) is 0.227. The van der Waals surface area contributed by atoms with Gasteiger partial charge in [-0.3, -0.25) is 14.4 Å². The minimum Gasteiger partial charge on any atom is -0.481 e. The Kier molecular flexibility index (Phi) is 13.9. The molecule has 4 N–H and O–H groups in total. The molecule has 0 fully saturated rings. The molecule has 1 atom stereocenters. The van der Waals surface area contributed by atoms with Gasteiger partial charge in [0.2, 0.25) is 5.91 Å². The van der Waals surface area contributed by atoms with Crippen LogP contribution in [0.4, 0.5) is 0 Å². The number of carboxylic acids is 1. The van der Waals surface area contributed by atoms with Crippen LogP contribution in [0.1, 0.15) is 38.3 Å². The second kappa shape index (κ2) is 16.9. The molecule has 0 saturated heterocycles. The third-order valence-electron chi connectivity index (χ3n) is 6.21. The lowest BCUT2D eigenvalue weighted by Gasteiger charge is -2.18. The average molecular weight is 519 g/mol. The number of aromatic nitrogens is 1. The molecule has 1 aromatic carbocycles. The van der Waals surface area contributed by atoms with Crippen molar-refractivity contribution in [1.82, 2.24) is 14.8 Å². The Labute approximate surface area is 219 Å². The fourth-order valence-electron chi connectivity index (χ4n) is 4.08. The van der Waals surface area contributed by atoms with Gasteiger partial charge in [0.25, 0.3) is 0 Å². The van der Waals surface area contributed by atoms with Crippen LogP contribution in [0.5, 0.6) is 0 Å². The minimum atomic E-state index is -0.991. The van der Waals surface area contributed by atoms with E-state index in [-0.39, 0.29) is 43.9 Å². The molecular formula is C27H42N4O6. The van der Waals surface area contributed by atoms with Crippen molar-refractivity contribution in [2.45, 2.75) is 45.7 Å². The van der Waals surface area contributed by atoms with E-state index in [1.54, 1.807) is 0 Å². The van der Waals surface area contributed by atoms with Crippen molar-refractivity contribution in [2.24, 2.45) is 11.7 Å². The smallest absolute Gasteiger partial charge is 0.303 e. The molecule has 0 bridgehead atoms.